The predicted molar refractivity (Wildman–Crippen MR) is 88.7 cm³/mol. The largest absolute Gasteiger partial charge is 0.335 e. The van der Waals surface area contributed by atoms with Gasteiger partial charge in [0.05, 0.1) is 0 Å². The highest BCUT2D eigenvalue weighted by Gasteiger charge is 2.07. The van der Waals surface area contributed by atoms with Crippen LogP contribution in [0.3, 0.4) is 0 Å². The molecule has 0 unspecified atom stereocenters. The van der Waals surface area contributed by atoms with Gasteiger partial charge >= 0.3 is 0 Å². The van der Waals surface area contributed by atoms with Crippen molar-refractivity contribution in [1.82, 2.24) is 10.1 Å². The van der Waals surface area contributed by atoms with Crippen LogP contribution in [-0.2, 0) is 6.42 Å². The summed E-state index contributed by atoms with van der Waals surface area (Å²) in [7, 11) is 0. The van der Waals surface area contributed by atoms with Gasteiger partial charge in [0, 0.05) is 17.5 Å². The fourth-order valence-corrected chi connectivity index (χ4v) is 2.27. The molecule has 0 saturated carbocycles. The molecule has 0 saturated heterocycles. The van der Waals surface area contributed by atoms with Gasteiger partial charge in [-0.05, 0) is 30.2 Å². The minimum Gasteiger partial charge on any atom is -0.335 e. The Morgan fingerprint density at radius 1 is 1.05 bits per heavy atom. The average Bonchev–Trinajstić information content (AvgIpc) is 2.97. The van der Waals surface area contributed by atoms with Crippen LogP contribution in [0.15, 0.2) is 53.1 Å². The zero-order valence-corrected chi connectivity index (χ0v) is 12.9. The highest BCUT2D eigenvalue weighted by atomic mass is 35.5. The van der Waals surface area contributed by atoms with Gasteiger partial charge in [0.1, 0.15) is 0 Å². The highest BCUT2D eigenvalue weighted by molar-refractivity contribution is 6.31. The Kier molecular flexibility index (Phi) is 4.35. The number of benzene rings is 2. The summed E-state index contributed by atoms with van der Waals surface area (Å²) in [5, 5.41) is 4.70. The van der Waals surface area contributed by atoms with Gasteiger partial charge in [-0.25, -0.2) is 0 Å². The van der Waals surface area contributed by atoms with E-state index in [1.165, 1.54) is 5.56 Å². The molecule has 1 heterocycles. The van der Waals surface area contributed by atoms with Crippen LogP contribution in [0.25, 0.3) is 12.2 Å². The third-order valence-corrected chi connectivity index (χ3v) is 3.65. The van der Waals surface area contributed by atoms with E-state index >= 15 is 0 Å². The zero-order chi connectivity index (χ0) is 15.4. The molecular formula is C18H15ClN2O. The average molecular weight is 311 g/mol. The van der Waals surface area contributed by atoms with Gasteiger partial charge in [-0.1, -0.05) is 64.8 Å². The Bertz CT molecular complexity index is 791. The van der Waals surface area contributed by atoms with E-state index in [1.807, 2.05) is 48.6 Å². The molecule has 4 heteroatoms. The van der Waals surface area contributed by atoms with E-state index in [-0.39, 0.29) is 0 Å². The Hall–Kier alpha value is -2.39. The predicted octanol–water partition coefficient (Wildman–Crippen LogP) is 4.79. The number of hydrogen-bond donors (Lipinski definition) is 0. The van der Waals surface area contributed by atoms with Crippen molar-refractivity contribution in [2.24, 2.45) is 0 Å². The van der Waals surface area contributed by atoms with Gasteiger partial charge < -0.3 is 4.52 Å². The van der Waals surface area contributed by atoms with Gasteiger partial charge in [0.2, 0.25) is 0 Å². The van der Waals surface area contributed by atoms with E-state index in [0.717, 1.165) is 11.1 Å². The maximum atomic E-state index is 6.13. The zero-order valence-electron chi connectivity index (χ0n) is 12.2. The Morgan fingerprint density at radius 3 is 2.59 bits per heavy atom. The molecule has 0 radical (unpaired) electrons. The number of halogens is 1. The summed E-state index contributed by atoms with van der Waals surface area (Å²) >= 11 is 6.13. The molecule has 22 heavy (non-hydrogen) atoms. The molecule has 0 spiro atoms. The molecule has 3 aromatic rings. The van der Waals surface area contributed by atoms with Crippen molar-refractivity contribution in [2.45, 2.75) is 13.3 Å². The van der Waals surface area contributed by atoms with Crippen molar-refractivity contribution in [1.29, 1.82) is 0 Å². The van der Waals surface area contributed by atoms with E-state index in [0.29, 0.717) is 23.2 Å². The third kappa shape index (κ3) is 3.62. The first kappa shape index (κ1) is 14.5. The van der Waals surface area contributed by atoms with Crippen LogP contribution in [0, 0.1) is 6.92 Å². The van der Waals surface area contributed by atoms with Crippen LogP contribution in [0.4, 0.5) is 0 Å². The van der Waals surface area contributed by atoms with Crippen molar-refractivity contribution in [3.8, 4) is 0 Å². The third-order valence-electron chi connectivity index (χ3n) is 3.29. The highest BCUT2D eigenvalue weighted by Crippen LogP contribution is 2.18. The Balaban J connectivity index is 1.71. The second kappa shape index (κ2) is 6.58. The van der Waals surface area contributed by atoms with Gasteiger partial charge in [0.15, 0.2) is 5.82 Å². The van der Waals surface area contributed by atoms with E-state index in [1.54, 1.807) is 0 Å². The van der Waals surface area contributed by atoms with Crippen molar-refractivity contribution < 1.29 is 4.52 Å². The molecule has 3 nitrogen and oxygen atoms in total. The molecule has 0 N–H and O–H groups in total. The maximum Gasteiger partial charge on any atom is 0.250 e. The van der Waals surface area contributed by atoms with E-state index < -0.39 is 0 Å². The van der Waals surface area contributed by atoms with Crippen LogP contribution in [0.5, 0.6) is 0 Å². The number of nitrogens with zero attached hydrogens (tertiary/aromatic N) is 2. The smallest absolute Gasteiger partial charge is 0.250 e. The SMILES string of the molecule is Cc1ccc(/C=C/c2nc(Cc3ccccc3Cl)no2)cc1. The topological polar surface area (TPSA) is 38.9 Å². The molecular weight excluding hydrogens is 296 g/mol. The summed E-state index contributed by atoms with van der Waals surface area (Å²) in [6.45, 7) is 2.06. The number of aromatic nitrogens is 2. The lowest BCUT2D eigenvalue weighted by atomic mass is 10.1. The lowest BCUT2D eigenvalue weighted by molar-refractivity contribution is 0.404. The lowest BCUT2D eigenvalue weighted by Gasteiger charge is -1.98. The molecule has 1 aromatic heterocycles. The minimum absolute atomic E-state index is 0.489. The normalized spacial score (nSPS) is 11.2. The van der Waals surface area contributed by atoms with Crippen LogP contribution >= 0.6 is 11.6 Å². The molecule has 0 aliphatic carbocycles. The summed E-state index contributed by atoms with van der Waals surface area (Å²) in [5.41, 5.74) is 3.31. The summed E-state index contributed by atoms with van der Waals surface area (Å²) in [6, 6.07) is 15.9. The molecule has 3 rings (SSSR count). The molecule has 0 amide bonds. The van der Waals surface area contributed by atoms with E-state index in [2.05, 4.69) is 29.2 Å². The van der Waals surface area contributed by atoms with Crippen LogP contribution < -0.4 is 0 Å². The molecule has 2 aromatic carbocycles. The number of hydrogen-bond acceptors (Lipinski definition) is 3. The maximum absolute atomic E-state index is 6.13. The van der Waals surface area contributed by atoms with Gasteiger partial charge in [0.25, 0.3) is 5.89 Å². The standard InChI is InChI=1S/C18H15ClN2O/c1-13-6-8-14(9-7-13)10-11-18-20-17(21-22-18)12-15-4-2-3-5-16(15)19/h2-11H,12H2,1H3/b11-10+. The monoisotopic (exact) mass is 310 g/mol. The van der Waals surface area contributed by atoms with Gasteiger partial charge in [-0.15, -0.1) is 0 Å². The number of rotatable bonds is 4. The first-order chi connectivity index (χ1) is 10.7. The van der Waals surface area contributed by atoms with Gasteiger partial charge in [-0.3, -0.25) is 0 Å². The second-order valence-electron chi connectivity index (χ2n) is 5.06. The van der Waals surface area contributed by atoms with Crippen molar-refractivity contribution in [3.05, 3.63) is 82.0 Å². The van der Waals surface area contributed by atoms with E-state index in [4.69, 9.17) is 16.1 Å². The molecule has 110 valence electrons. The fourth-order valence-electron chi connectivity index (χ4n) is 2.06. The van der Waals surface area contributed by atoms with E-state index in [9.17, 15) is 0 Å². The van der Waals surface area contributed by atoms with Crippen LogP contribution in [0.1, 0.15) is 28.4 Å². The number of aryl methyl sites for hydroxylation is 1. The Morgan fingerprint density at radius 2 is 1.82 bits per heavy atom. The van der Waals surface area contributed by atoms with Crippen molar-refractivity contribution in [2.75, 3.05) is 0 Å². The first-order valence-corrected chi connectivity index (χ1v) is 7.39. The molecule has 0 bridgehead atoms. The molecule has 0 atom stereocenters. The molecule has 0 aliphatic heterocycles. The minimum atomic E-state index is 0.489. The fraction of sp³-hybridized carbons (Fsp3) is 0.111. The summed E-state index contributed by atoms with van der Waals surface area (Å²) in [5.74, 6) is 1.11. The van der Waals surface area contributed by atoms with Crippen LogP contribution in [0.2, 0.25) is 5.02 Å². The summed E-state index contributed by atoms with van der Waals surface area (Å²) in [4.78, 5) is 4.36. The molecule has 0 fully saturated rings. The summed E-state index contributed by atoms with van der Waals surface area (Å²) in [6.07, 6.45) is 4.32. The molecule has 0 aliphatic rings. The Labute approximate surface area is 134 Å². The van der Waals surface area contributed by atoms with Crippen molar-refractivity contribution >= 4 is 23.8 Å². The lowest BCUT2D eigenvalue weighted by Crippen LogP contribution is -1.91. The second-order valence-corrected chi connectivity index (χ2v) is 5.47. The quantitative estimate of drug-likeness (QED) is 0.695. The van der Waals surface area contributed by atoms with Crippen LogP contribution in [-0.4, -0.2) is 10.1 Å². The van der Waals surface area contributed by atoms with Gasteiger partial charge in [-0.2, -0.15) is 4.98 Å². The van der Waals surface area contributed by atoms with Crippen molar-refractivity contribution in [3.63, 3.8) is 0 Å². The summed E-state index contributed by atoms with van der Waals surface area (Å²) < 4.78 is 5.23. The first-order valence-electron chi connectivity index (χ1n) is 7.01.